The van der Waals surface area contributed by atoms with Crippen LogP contribution in [0.25, 0.3) is 0 Å². The van der Waals surface area contributed by atoms with E-state index in [9.17, 15) is 29.3 Å². The van der Waals surface area contributed by atoms with Crippen LogP contribution in [0, 0.1) is 10.1 Å². The normalized spacial score (nSPS) is 24.6. The summed E-state index contributed by atoms with van der Waals surface area (Å²) >= 11 is 0. The number of ether oxygens (including phenoxy) is 6. The maximum Gasteiger partial charge on any atom is 0.339 e. The minimum Gasteiger partial charge on any atom is -0.467 e. The molecule has 1 aromatic carbocycles. The molecule has 5 atom stereocenters. The molecule has 1 heterocycles. The van der Waals surface area contributed by atoms with Crippen molar-refractivity contribution in [1.82, 2.24) is 0 Å². The molecule has 13 nitrogen and oxygen atoms in total. The van der Waals surface area contributed by atoms with Gasteiger partial charge in [0.25, 0.3) is 5.69 Å². The van der Waals surface area contributed by atoms with E-state index in [1.165, 1.54) is 12.1 Å². The Kier molecular flexibility index (Phi) is 8.07. The fourth-order valence-corrected chi connectivity index (χ4v) is 2.96. The van der Waals surface area contributed by atoms with Crippen molar-refractivity contribution >= 4 is 29.6 Å². The number of methoxy groups -OCH3 is 1. The summed E-state index contributed by atoms with van der Waals surface area (Å²) in [5.41, 5.74) is -0.210. The monoisotopic (exact) mass is 455 g/mol. The fraction of sp³-hybridized carbons (Fsp3) is 0.474. The molecule has 174 valence electrons. The van der Waals surface area contributed by atoms with Crippen LogP contribution in [0.2, 0.25) is 0 Å². The second-order valence-electron chi connectivity index (χ2n) is 6.54. The molecule has 0 N–H and O–H groups in total. The zero-order valence-electron chi connectivity index (χ0n) is 17.5. The first-order valence-corrected chi connectivity index (χ1v) is 9.19. The summed E-state index contributed by atoms with van der Waals surface area (Å²) in [5, 5.41) is 10.8. The summed E-state index contributed by atoms with van der Waals surface area (Å²) in [7, 11) is 1.06. The number of hydrogen-bond donors (Lipinski definition) is 0. The van der Waals surface area contributed by atoms with Gasteiger partial charge in [-0.05, 0) is 12.1 Å². The SMILES string of the molecule is COC(=O)C1OC(Oc2ccc([N+](=O)[O-])cc2)C(OC(C)=O)C(OC(C)=O)C1OC(C)=O. The van der Waals surface area contributed by atoms with E-state index in [0.29, 0.717) is 0 Å². The summed E-state index contributed by atoms with van der Waals surface area (Å²) in [6.45, 7) is 3.19. The molecule has 2 rings (SSSR count). The summed E-state index contributed by atoms with van der Waals surface area (Å²) in [4.78, 5) is 57.6. The van der Waals surface area contributed by atoms with Crippen LogP contribution >= 0.6 is 0 Å². The van der Waals surface area contributed by atoms with E-state index in [1.54, 1.807) is 0 Å². The van der Waals surface area contributed by atoms with Gasteiger partial charge in [-0.25, -0.2) is 4.79 Å². The van der Waals surface area contributed by atoms with Crippen molar-refractivity contribution in [2.45, 2.75) is 51.5 Å². The van der Waals surface area contributed by atoms with E-state index in [4.69, 9.17) is 23.7 Å². The highest BCUT2D eigenvalue weighted by Crippen LogP contribution is 2.31. The molecule has 1 aliphatic heterocycles. The molecule has 0 aliphatic carbocycles. The molecule has 0 spiro atoms. The van der Waals surface area contributed by atoms with Crippen molar-refractivity contribution in [3.63, 3.8) is 0 Å². The summed E-state index contributed by atoms with van der Waals surface area (Å²) in [6, 6.07) is 4.81. The lowest BCUT2D eigenvalue weighted by Gasteiger charge is -2.43. The third-order valence-electron chi connectivity index (χ3n) is 4.13. The van der Waals surface area contributed by atoms with Crippen molar-refractivity contribution in [2.24, 2.45) is 0 Å². The van der Waals surface area contributed by atoms with Gasteiger partial charge in [-0.2, -0.15) is 0 Å². The van der Waals surface area contributed by atoms with Gasteiger partial charge in [0.15, 0.2) is 18.3 Å². The lowest BCUT2D eigenvalue weighted by molar-refractivity contribution is -0.384. The van der Waals surface area contributed by atoms with Crippen molar-refractivity contribution < 1.29 is 52.5 Å². The fourth-order valence-electron chi connectivity index (χ4n) is 2.96. The van der Waals surface area contributed by atoms with Crippen LogP contribution in [0.4, 0.5) is 5.69 Å². The number of rotatable bonds is 7. The Morgan fingerprint density at radius 2 is 1.38 bits per heavy atom. The summed E-state index contributed by atoms with van der Waals surface area (Å²) in [5.74, 6) is -3.41. The Morgan fingerprint density at radius 3 is 1.84 bits per heavy atom. The Labute approximate surface area is 181 Å². The number of benzene rings is 1. The zero-order valence-corrected chi connectivity index (χ0v) is 17.5. The number of hydrogen-bond acceptors (Lipinski definition) is 12. The van der Waals surface area contributed by atoms with Gasteiger partial charge in [0, 0.05) is 32.9 Å². The second kappa shape index (κ2) is 10.5. The van der Waals surface area contributed by atoms with Gasteiger partial charge in [0.1, 0.15) is 5.75 Å². The maximum absolute atomic E-state index is 12.3. The van der Waals surface area contributed by atoms with Gasteiger partial charge in [0.05, 0.1) is 12.0 Å². The molecule has 5 unspecified atom stereocenters. The third kappa shape index (κ3) is 6.14. The number of nitro benzene ring substituents is 1. The van der Waals surface area contributed by atoms with Gasteiger partial charge in [-0.1, -0.05) is 0 Å². The van der Waals surface area contributed by atoms with Crippen molar-refractivity contribution in [1.29, 1.82) is 0 Å². The quantitative estimate of drug-likeness (QED) is 0.244. The highest BCUT2D eigenvalue weighted by Gasteiger charge is 2.55. The molecule has 0 radical (unpaired) electrons. The van der Waals surface area contributed by atoms with Gasteiger partial charge >= 0.3 is 23.9 Å². The Hall–Kier alpha value is -3.74. The van der Waals surface area contributed by atoms with Gasteiger partial charge < -0.3 is 28.4 Å². The van der Waals surface area contributed by atoms with Crippen LogP contribution in [0.15, 0.2) is 24.3 Å². The Morgan fingerprint density at radius 1 is 0.875 bits per heavy atom. The van der Waals surface area contributed by atoms with Gasteiger partial charge in [0.2, 0.25) is 12.4 Å². The molecule has 1 aliphatic rings. The number of carbonyl (C=O) groups excluding carboxylic acids is 4. The maximum atomic E-state index is 12.3. The molecular weight excluding hydrogens is 434 g/mol. The van der Waals surface area contributed by atoms with E-state index in [1.807, 2.05) is 0 Å². The molecular formula is C19H21NO12. The van der Waals surface area contributed by atoms with Crippen LogP contribution in [-0.4, -0.2) is 66.6 Å². The first-order chi connectivity index (χ1) is 15.0. The molecule has 32 heavy (non-hydrogen) atoms. The highest BCUT2D eigenvalue weighted by molar-refractivity contribution is 5.77. The third-order valence-corrected chi connectivity index (χ3v) is 4.13. The number of nitrogens with zero attached hydrogens (tertiary/aromatic N) is 1. The summed E-state index contributed by atoms with van der Waals surface area (Å²) in [6.07, 6.45) is -7.65. The minimum atomic E-state index is -1.61. The second-order valence-corrected chi connectivity index (χ2v) is 6.54. The van der Waals surface area contributed by atoms with E-state index in [-0.39, 0.29) is 11.4 Å². The Balaban J connectivity index is 2.47. The lowest BCUT2D eigenvalue weighted by Crippen LogP contribution is -2.64. The Bertz CT molecular complexity index is 883. The topological polar surface area (TPSA) is 167 Å². The van der Waals surface area contributed by atoms with Gasteiger partial charge in [-0.3, -0.25) is 24.5 Å². The van der Waals surface area contributed by atoms with E-state index >= 15 is 0 Å². The highest BCUT2D eigenvalue weighted by atomic mass is 16.7. The smallest absolute Gasteiger partial charge is 0.339 e. The first-order valence-electron chi connectivity index (χ1n) is 9.19. The zero-order chi connectivity index (χ0) is 24.0. The van der Waals surface area contributed by atoms with E-state index in [0.717, 1.165) is 40.0 Å². The van der Waals surface area contributed by atoms with E-state index < -0.39 is 59.5 Å². The minimum absolute atomic E-state index is 0.0499. The largest absolute Gasteiger partial charge is 0.467 e. The van der Waals surface area contributed by atoms with Crippen molar-refractivity contribution in [3.8, 4) is 5.75 Å². The average molecular weight is 455 g/mol. The number of non-ortho nitro benzene ring substituents is 1. The van der Waals surface area contributed by atoms with E-state index in [2.05, 4.69) is 4.74 Å². The predicted molar refractivity (Wildman–Crippen MR) is 101 cm³/mol. The van der Waals surface area contributed by atoms with Gasteiger partial charge in [-0.15, -0.1) is 0 Å². The number of esters is 4. The molecule has 0 aromatic heterocycles. The molecule has 1 aromatic rings. The molecule has 1 fully saturated rings. The first kappa shape index (κ1) is 24.5. The molecule has 13 heteroatoms. The van der Waals surface area contributed by atoms with Crippen molar-refractivity contribution in [3.05, 3.63) is 34.4 Å². The van der Waals surface area contributed by atoms with Crippen LogP contribution in [-0.2, 0) is 42.9 Å². The summed E-state index contributed by atoms with van der Waals surface area (Å²) < 4.78 is 31.4. The van der Waals surface area contributed by atoms with Crippen LogP contribution < -0.4 is 4.74 Å². The lowest BCUT2D eigenvalue weighted by atomic mass is 9.97. The van der Waals surface area contributed by atoms with Crippen molar-refractivity contribution in [2.75, 3.05) is 7.11 Å². The molecule has 1 saturated heterocycles. The molecule has 0 amide bonds. The van der Waals surface area contributed by atoms with Crippen LogP contribution in [0.3, 0.4) is 0 Å². The van der Waals surface area contributed by atoms with Crippen LogP contribution in [0.5, 0.6) is 5.75 Å². The predicted octanol–water partition coefficient (Wildman–Crippen LogP) is 0.667. The van der Waals surface area contributed by atoms with Crippen LogP contribution in [0.1, 0.15) is 20.8 Å². The molecule has 0 saturated carbocycles. The number of carbonyl (C=O) groups is 4. The number of nitro groups is 1. The average Bonchev–Trinajstić information content (AvgIpc) is 2.70. The standard InChI is InChI=1S/C19H21NO12/c1-9(21)28-14-15(29-10(2)22)17(30-11(3)23)19(32-16(14)18(24)27-4)31-13-7-5-12(6-8-13)20(25)26/h5-8,14-17,19H,1-4H3. The molecule has 0 bridgehead atoms.